The summed E-state index contributed by atoms with van der Waals surface area (Å²) in [6.45, 7) is 4.04. The Bertz CT molecular complexity index is 906. The summed E-state index contributed by atoms with van der Waals surface area (Å²) < 4.78 is 5.61. The van der Waals surface area contributed by atoms with Gasteiger partial charge >= 0.3 is 0 Å². The SMILES string of the molecule is COc1cc(/C=C2\SC(=S)N(c3ccc(C)c(C)c3)C2=O)ccc1O. The molecule has 0 radical (unpaired) electrons. The van der Waals surface area contributed by atoms with E-state index in [1.54, 1.807) is 23.1 Å². The van der Waals surface area contributed by atoms with Gasteiger partial charge in [-0.2, -0.15) is 0 Å². The first kappa shape index (κ1) is 17.5. The number of hydrogen-bond donors (Lipinski definition) is 1. The molecular weight excluding hydrogens is 354 g/mol. The molecule has 1 amide bonds. The van der Waals surface area contributed by atoms with E-state index in [0.717, 1.165) is 16.8 Å². The van der Waals surface area contributed by atoms with Crippen LogP contribution in [-0.4, -0.2) is 22.4 Å². The normalized spacial score (nSPS) is 16.0. The quantitative estimate of drug-likeness (QED) is 0.639. The predicted octanol–water partition coefficient (Wildman–Crippen LogP) is 4.42. The number of phenolic OH excluding ortho intramolecular Hbond substituents is 1. The number of amides is 1. The number of hydrogen-bond acceptors (Lipinski definition) is 5. The smallest absolute Gasteiger partial charge is 0.270 e. The Morgan fingerprint density at radius 2 is 1.92 bits per heavy atom. The molecule has 6 heteroatoms. The molecule has 0 unspecified atom stereocenters. The van der Waals surface area contributed by atoms with Crippen molar-refractivity contribution in [2.75, 3.05) is 12.0 Å². The van der Waals surface area contributed by atoms with Crippen LogP contribution in [0.3, 0.4) is 0 Å². The molecule has 1 heterocycles. The summed E-state index contributed by atoms with van der Waals surface area (Å²) in [4.78, 5) is 14.9. The zero-order valence-electron chi connectivity index (χ0n) is 14.1. The summed E-state index contributed by atoms with van der Waals surface area (Å²) in [5.41, 5.74) is 3.81. The number of anilines is 1. The van der Waals surface area contributed by atoms with Gasteiger partial charge in [-0.25, -0.2) is 0 Å². The Morgan fingerprint density at radius 3 is 2.60 bits per heavy atom. The van der Waals surface area contributed by atoms with Crippen molar-refractivity contribution in [2.45, 2.75) is 13.8 Å². The Morgan fingerprint density at radius 1 is 1.16 bits per heavy atom. The van der Waals surface area contributed by atoms with Crippen molar-refractivity contribution >= 4 is 46.0 Å². The van der Waals surface area contributed by atoms with Gasteiger partial charge in [0.05, 0.1) is 17.7 Å². The second-order valence-electron chi connectivity index (χ2n) is 5.72. The largest absolute Gasteiger partial charge is 0.504 e. The van der Waals surface area contributed by atoms with Gasteiger partial charge in [-0.3, -0.25) is 9.69 Å². The third-order valence-electron chi connectivity index (χ3n) is 4.04. The van der Waals surface area contributed by atoms with Crippen LogP contribution in [0.1, 0.15) is 16.7 Å². The van der Waals surface area contributed by atoms with E-state index in [2.05, 4.69) is 0 Å². The monoisotopic (exact) mass is 371 g/mol. The minimum atomic E-state index is -0.148. The molecule has 2 aromatic carbocycles. The number of phenols is 1. The molecule has 2 aromatic rings. The molecule has 1 aliphatic rings. The van der Waals surface area contributed by atoms with E-state index in [1.165, 1.54) is 30.5 Å². The van der Waals surface area contributed by atoms with Crippen molar-refractivity contribution in [1.29, 1.82) is 0 Å². The van der Waals surface area contributed by atoms with Gasteiger partial charge in [0, 0.05) is 0 Å². The van der Waals surface area contributed by atoms with Crippen LogP contribution in [0.4, 0.5) is 5.69 Å². The lowest BCUT2D eigenvalue weighted by atomic mass is 10.1. The van der Waals surface area contributed by atoms with E-state index in [-0.39, 0.29) is 11.7 Å². The fourth-order valence-electron chi connectivity index (χ4n) is 2.49. The number of benzene rings is 2. The number of thiocarbonyl (C=S) groups is 1. The highest BCUT2D eigenvalue weighted by molar-refractivity contribution is 8.27. The van der Waals surface area contributed by atoms with E-state index >= 15 is 0 Å². The highest BCUT2D eigenvalue weighted by atomic mass is 32.2. The molecule has 1 N–H and O–H groups in total. The van der Waals surface area contributed by atoms with E-state index in [9.17, 15) is 9.90 Å². The molecule has 3 rings (SSSR count). The minimum absolute atomic E-state index is 0.0577. The number of thioether (sulfide) groups is 1. The molecule has 4 nitrogen and oxygen atoms in total. The van der Waals surface area contributed by atoms with Gasteiger partial charge in [-0.05, 0) is 60.9 Å². The molecular formula is C19H17NO3S2. The Labute approximate surface area is 156 Å². The Kier molecular flexibility index (Phi) is 4.83. The molecule has 0 saturated carbocycles. The van der Waals surface area contributed by atoms with E-state index in [4.69, 9.17) is 17.0 Å². The van der Waals surface area contributed by atoms with Crippen LogP contribution in [-0.2, 0) is 4.79 Å². The molecule has 25 heavy (non-hydrogen) atoms. The lowest BCUT2D eigenvalue weighted by Crippen LogP contribution is -2.27. The average molecular weight is 371 g/mol. The van der Waals surface area contributed by atoms with Gasteiger partial charge in [0.2, 0.25) is 0 Å². The van der Waals surface area contributed by atoms with Crippen LogP contribution in [0.5, 0.6) is 11.5 Å². The van der Waals surface area contributed by atoms with Gasteiger partial charge in [0.25, 0.3) is 5.91 Å². The van der Waals surface area contributed by atoms with Gasteiger partial charge < -0.3 is 9.84 Å². The predicted molar refractivity (Wildman–Crippen MR) is 106 cm³/mol. The molecule has 1 aliphatic heterocycles. The van der Waals surface area contributed by atoms with Crippen LogP contribution in [0.15, 0.2) is 41.3 Å². The van der Waals surface area contributed by atoms with Gasteiger partial charge in [-0.1, -0.05) is 36.1 Å². The topological polar surface area (TPSA) is 49.8 Å². The number of carbonyl (C=O) groups is 1. The van der Waals surface area contributed by atoms with E-state index in [0.29, 0.717) is 15.0 Å². The number of nitrogens with zero attached hydrogens (tertiary/aromatic N) is 1. The molecule has 0 bridgehead atoms. The van der Waals surface area contributed by atoms with Crippen molar-refractivity contribution in [3.63, 3.8) is 0 Å². The van der Waals surface area contributed by atoms with Gasteiger partial charge in [0.1, 0.15) is 0 Å². The summed E-state index contributed by atoms with van der Waals surface area (Å²) in [6.07, 6.45) is 1.75. The molecule has 0 atom stereocenters. The zero-order valence-corrected chi connectivity index (χ0v) is 15.7. The van der Waals surface area contributed by atoms with Crippen LogP contribution >= 0.6 is 24.0 Å². The molecule has 0 aromatic heterocycles. The number of ether oxygens (including phenoxy) is 1. The summed E-state index contributed by atoms with van der Waals surface area (Å²) in [6, 6.07) is 10.8. The average Bonchev–Trinajstić information content (AvgIpc) is 2.86. The van der Waals surface area contributed by atoms with Crippen molar-refractivity contribution in [3.8, 4) is 11.5 Å². The first-order valence-corrected chi connectivity index (χ1v) is 8.85. The number of aryl methyl sites for hydroxylation is 2. The first-order valence-electron chi connectivity index (χ1n) is 7.63. The highest BCUT2D eigenvalue weighted by Gasteiger charge is 2.33. The highest BCUT2D eigenvalue weighted by Crippen LogP contribution is 2.37. The van der Waals surface area contributed by atoms with Gasteiger partial charge in [0.15, 0.2) is 15.8 Å². The summed E-state index contributed by atoms with van der Waals surface area (Å²) >= 11 is 6.67. The van der Waals surface area contributed by atoms with Crippen LogP contribution < -0.4 is 9.64 Å². The summed E-state index contributed by atoms with van der Waals surface area (Å²) in [7, 11) is 1.48. The van der Waals surface area contributed by atoms with Crippen LogP contribution in [0, 0.1) is 13.8 Å². The van der Waals surface area contributed by atoms with Gasteiger partial charge in [-0.15, -0.1) is 0 Å². The summed E-state index contributed by atoms with van der Waals surface area (Å²) in [5, 5.41) is 9.68. The van der Waals surface area contributed by atoms with Crippen molar-refractivity contribution in [3.05, 3.63) is 58.0 Å². The minimum Gasteiger partial charge on any atom is -0.504 e. The van der Waals surface area contributed by atoms with E-state index < -0.39 is 0 Å². The third kappa shape index (κ3) is 3.41. The van der Waals surface area contributed by atoms with Crippen molar-refractivity contribution in [1.82, 2.24) is 0 Å². The van der Waals surface area contributed by atoms with Crippen LogP contribution in [0.25, 0.3) is 6.08 Å². The van der Waals surface area contributed by atoms with Crippen molar-refractivity contribution in [2.24, 2.45) is 0 Å². The molecule has 1 fully saturated rings. The lowest BCUT2D eigenvalue weighted by molar-refractivity contribution is -0.113. The summed E-state index contributed by atoms with van der Waals surface area (Å²) in [5.74, 6) is 0.269. The number of aromatic hydroxyl groups is 1. The maximum absolute atomic E-state index is 12.8. The maximum Gasteiger partial charge on any atom is 0.270 e. The van der Waals surface area contributed by atoms with E-state index in [1.807, 2.05) is 32.0 Å². The molecule has 0 spiro atoms. The van der Waals surface area contributed by atoms with Crippen molar-refractivity contribution < 1.29 is 14.6 Å². The number of methoxy groups -OCH3 is 1. The lowest BCUT2D eigenvalue weighted by Gasteiger charge is -2.15. The number of carbonyl (C=O) groups excluding carboxylic acids is 1. The standard InChI is InChI=1S/C19H17NO3S2/c1-11-4-6-14(8-12(11)2)20-18(22)17(25-19(20)24)10-13-5-7-15(21)16(9-13)23-3/h4-10,21H,1-3H3/b17-10-. The van der Waals surface area contributed by atoms with Crippen LogP contribution in [0.2, 0.25) is 0 Å². The third-order valence-corrected chi connectivity index (χ3v) is 5.35. The molecule has 1 saturated heterocycles. The fourth-order valence-corrected chi connectivity index (χ4v) is 3.79. The first-order chi connectivity index (χ1) is 11.9. The maximum atomic E-state index is 12.8. The molecule has 0 aliphatic carbocycles. The fraction of sp³-hybridized carbons (Fsp3) is 0.158. The Balaban J connectivity index is 1.94. The Hall–Kier alpha value is -2.31. The zero-order chi connectivity index (χ0) is 18.1. The second-order valence-corrected chi connectivity index (χ2v) is 7.39. The second kappa shape index (κ2) is 6.90. The number of rotatable bonds is 3. The molecule has 128 valence electrons.